The lowest BCUT2D eigenvalue weighted by molar-refractivity contribution is -0.00518. The fraction of sp³-hybridized carbons (Fsp3) is 0.545. The Labute approximate surface area is 159 Å². The molecule has 4 saturated carbocycles. The van der Waals surface area contributed by atoms with Crippen LogP contribution in [0.25, 0.3) is 0 Å². The third-order valence-corrected chi connectivity index (χ3v) is 7.97. The second kappa shape index (κ2) is 5.91. The minimum atomic E-state index is -0.0457. The van der Waals surface area contributed by atoms with Crippen molar-refractivity contribution in [2.45, 2.75) is 57.8 Å². The van der Waals surface area contributed by atoms with Gasteiger partial charge in [-0.3, -0.25) is 4.79 Å². The van der Waals surface area contributed by atoms with E-state index in [1.54, 1.807) is 0 Å². The summed E-state index contributed by atoms with van der Waals surface area (Å²) < 4.78 is 0. The Morgan fingerprint density at radius 3 is 2.12 bits per heavy atom. The van der Waals surface area contributed by atoms with Crippen LogP contribution in [0.1, 0.15) is 64.5 Å². The van der Waals surface area contributed by atoms with Crippen molar-refractivity contribution in [2.75, 3.05) is 5.32 Å². The van der Waals surface area contributed by atoms with Crippen molar-refractivity contribution in [3.63, 3.8) is 0 Å². The van der Waals surface area contributed by atoms with Crippen LogP contribution in [0.15, 0.2) is 24.3 Å². The lowest BCUT2D eigenvalue weighted by atomic mass is 9.48. The topological polar surface area (TPSA) is 42.0 Å². The monoisotopic (exact) mass is 366 g/mol. The first-order valence-electron chi connectivity index (χ1n) is 9.87. The molecular formula is C22H26N2OS. The zero-order chi connectivity index (χ0) is 17.9. The molecule has 1 aromatic heterocycles. The molecule has 1 amide bonds. The van der Waals surface area contributed by atoms with Crippen molar-refractivity contribution in [2.24, 2.45) is 17.8 Å². The molecule has 1 aromatic carbocycles. The number of rotatable bonds is 3. The van der Waals surface area contributed by atoms with E-state index in [9.17, 15) is 4.79 Å². The molecule has 0 atom stereocenters. The number of nitrogens with zero attached hydrogens (tertiary/aromatic N) is 1. The van der Waals surface area contributed by atoms with Gasteiger partial charge in [-0.25, -0.2) is 4.98 Å². The van der Waals surface area contributed by atoms with Gasteiger partial charge >= 0.3 is 0 Å². The Bertz CT molecular complexity index is 816. The number of hydrogen-bond donors (Lipinski definition) is 1. The molecule has 4 aliphatic rings. The van der Waals surface area contributed by atoms with Crippen LogP contribution in [0, 0.1) is 31.6 Å². The van der Waals surface area contributed by atoms with E-state index in [0.717, 1.165) is 34.1 Å². The second-order valence-electron chi connectivity index (χ2n) is 8.88. The standard InChI is InChI=1S/C22H26N2OS/c1-13-20(26-14(2)23-13)21(25)24-19-5-3-18(4-6-19)22-10-15-7-16(11-22)9-17(8-15)12-22/h3-6,15-17H,7-12H2,1-2H3,(H,24,25). The Morgan fingerprint density at radius 2 is 1.62 bits per heavy atom. The third kappa shape index (κ3) is 2.70. The normalized spacial score (nSPS) is 32.0. The first kappa shape index (κ1) is 16.5. The van der Waals surface area contributed by atoms with Gasteiger partial charge in [0.05, 0.1) is 10.7 Å². The molecule has 4 heteroatoms. The van der Waals surface area contributed by atoms with Crippen molar-refractivity contribution < 1.29 is 4.79 Å². The summed E-state index contributed by atoms with van der Waals surface area (Å²) in [5.41, 5.74) is 3.62. The average Bonchev–Trinajstić information content (AvgIpc) is 2.93. The summed E-state index contributed by atoms with van der Waals surface area (Å²) in [5, 5.41) is 3.98. The van der Waals surface area contributed by atoms with Gasteiger partial charge in [0, 0.05) is 5.69 Å². The summed E-state index contributed by atoms with van der Waals surface area (Å²) in [4.78, 5) is 17.6. The van der Waals surface area contributed by atoms with Crippen molar-refractivity contribution in [3.8, 4) is 0 Å². The van der Waals surface area contributed by atoms with E-state index >= 15 is 0 Å². The largest absolute Gasteiger partial charge is 0.321 e. The predicted molar refractivity (Wildman–Crippen MR) is 106 cm³/mol. The Hall–Kier alpha value is -1.68. The fourth-order valence-electron chi connectivity index (χ4n) is 6.30. The van der Waals surface area contributed by atoms with Crippen LogP contribution in [-0.4, -0.2) is 10.9 Å². The third-order valence-electron chi connectivity index (χ3n) is 6.90. The summed E-state index contributed by atoms with van der Waals surface area (Å²) in [6.45, 7) is 3.84. The van der Waals surface area contributed by atoms with Gasteiger partial charge in [0.25, 0.3) is 5.91 Å². The Balaban J connectivity index is 1.35. The van der Waals surface area contributed by atoms with Gasteiger partial charge in [0.1, 0.15) is 4.88 Å². The summed E-state index contributed by atoms with van der Waals surface area (Å²) in [5.74, 6) is 2.82. The number of benzene rings is 1. The second-order valence-corrected chi connectivity index (χ2v) is 10.1. The van der Waals surface area contributed by atoms with Crippen molar-refractivity contribution in [1.82, 2.24) is 4.98 Å². The molecule has 4 bridgehead atoms. The molecule has 136 valence electrons. The maximum atomic E-state index is 12.5. The van der Waals surface area contributed by atoms with E-state index in [1.165, 1.54) is 55.4 Å². The number of nitrogens with one attached hydrogen (secondary N) is 1. The van der Waals surface area contributed by atoms with Crippen LogP contribution in [0.2, 0.25) is 0 Å². The van der Waals surface area contributed by atoms with Crippen LogP contribution >= 0.6 is 11.3 Å². The number of anilines is 1. The zero-order valence-corrected chi connectivity index (χ0v) is 16.4. The van der Waals surface area contributed by atoms with Crippen LogP contribution in [0.5, 0.6) is 0 Å². The number of aromatic nitrogens is 1. The van der Waals surface area contributed by atoms with Crippen LogP contribution in [-0.2, 0) is 5.41 Å². The maximum Gasteiger partial charge on any atom is 0.267 e. The molecule has 26 heavy (non-hydrogen) atoms. The number of hydrogen-bond acceptors (Lipinski definition) is 3. The minimum Gasteiger partial charge on any atom is -0.321 e. The summed E-state index contributed by atoms with van der Waals surface area (Å²) in [6, 6.07) is 8.73. The molecule has 0 unspecified atom stereocenters. The van der Waals surface area contributed by atoms with E-state index in [0.29, 0.717) is 10.3 Å². The average molecular weight is 367 g/mol. The lowest BCUT2D eigenvalue weighted by Crippen LogP contribution is -2.48. The molecule has 4 aliphatic carbocycles. The highest BCUT2D eigenvalue weighted by atomic mass is 32.1. The van der Waals surface area contributed by atoms with Gasteiger partial charge in [0.15, 0.2) is 0 Å². The van der Waals surface area contributed by atoms with E-state index in [1.807, 2.05) is 13.8 Å². The zero-order valence-electron chi connectivity index (χ0n) is 15.5. The Morgan fingerprint density at radius 1 is 1.04 bits per heavy atom. The van der Waals surface area contributed by atoms with Gasteiger partial charge in [-0.15, -0.1) is 11.3 Å². The lowest BCUT2D eigenvalue weighted by Gasteiger charge is -2.57. The van der Waals surface area contributed by atoms with Gasteiger partial charge in [-0.05, 0) is 93.2 Å². The SMILES string of the molecule is Cc1nc(C)c(C(=O)Nc2ccc(C34CC5CC(CC(C5)C3)C4)cc2)s1. The van der Waals surface area contributed by atoms with Crippen LogP contribution < -0.4 is 5.32 Å². The maximum absolute atomic E-state index is 12.5. The molecule has 1 heterocycles. The number of thiazole rings is 1. The molecule has 0 aliphatic heterocycles. The van der Waals surface area contributed by atoms with Crippen LogP contribution in [0.3, 0.4) is 0 Å². The molecule has 0 radical (unpaired) electrons. The van der Waals surface area contributed by atoms with Gasteiger partial charge in [-0.1, -0.05) is 12.1 Å². The van der Waals surface area contributed by atoms with Gasteiger partial charge < -0.3 is 5.32 Å². The molecule has 6 rings (SSSR count). The van der Waals surface area contributed by atoms with Gasteiger partial charge in [0.2, 0.25) is 0 Å². The smallest absolute Gasteiger partial charge is 0.267 e. The number of amides is 1. The quantitative estimate of drug-likeness (QED) is 0.781. The predicted octanol–water partition coefficient (Wildman–Crippen LogP) is 5.48. The van der Waals surface area contributed by atoms with Gasteiger partial charge in [-0.2, -0.15) is 0 Å². The molecule has 4 fully saturated rings. The number of carbonyl (C=O) groups excluding carboxylic acids is 1. The molecular weight excluding hydrogens is 340 g/mol. The number of carbonyl (C=O) groups is 1. The van der Waals surface area contributed by atoms with E-state index in [2.05, 4.69) is 34.6 Å². The Kier molecular flexibility index (Phi) is 3.75. The van der Waals surface area contributed by atoms with Crippen LogP contribution in [0.4, 0.5) is 5.69 Å². The highest BCUT2D eigenvalue weighted by Gasteiger charge is 2.51. The summed E-state index contributed by atoms with van der Waals surface area (Å²) in [6.07, 6.45) is 8.56. The summed E-state index contributed by atoms with van der Waals surface area (Å²) >= 11 is 1.46. The molecule has 2 aromatic rings. The summed E-state index contributed by atoms with van der Waals surface area (Å²) in [7, 11) is 0. The minimum absolute atomic E-state index is 0.0457. The molecule has 1 N–H and O–H groups in total. The number of aryl methyl sites for hydroxylation is 2. The highest BCUT2D eigenvalue weighted by Crippen LogP contribution is 2.60. The van der Waals surface area contributed by atoms with E-state index < -0.39 is 0 Å². The van der Waals surface area contributed by atoms with Crippen molar-refractivity contribution in [3.05, 3.63) is 45.4 Å². The highest BCUT2D eigenvalue weighted by molar-refractivity contribution is 7.13. The molecule has 3 nitrogen and oxygen atoms in total. The first-order chi connectivity index (χ1) is 12.5. The van der Waals surface area contributed by atoms with Crippen molar-refractivity contribution >= 4 is 22.9 Å². The van der Waals surface area contributed by atoms with Crippen molar-refractivity contribution in [1.29, 1.82) is 0 Å². The van der Waals surface area contributed by atoms with E-state index in [-0.39, 0.29) is 5.91 Å². The first-order valence-corrected chi connectivity index (χ1v) is 10.7. The molecule has 0 spiro atoms. The van der Waals surface area contributed by atoms with E-state index in [4.69, 9.17) is 0 Å². The molecule has 0 saturated heterocycles. The fourth-order valence-corrected chi connectivity index (χ4v) is 7.12.